The fourth-order valence-electron chi connectivity index (χ4n) is 6.06. The van der Waals surface area contributed by atoms with E-state index in [1.165, 1.54) is 24.0 Å². The van der Waals surface area contributed by atoms with Crippen molar-refractivity contribution in [2.75, 3.05) is 20.7 Å². The Bertz CT molecular complexity index is 661. The van der Waals surface area contributed by atoms with E-state index in [4.69, 9.17) is 4.74 Å². The summed E-state index contributed by atoms with van der Waals surface area (Å²) in [7, 11) is 4.02. The third kappa shape index (κ3) is 2.80. The topological polar surface area (TPSA) is 29.5 Å². The normalized spacial score (nSPS) is 33.9. The number of carbonyl (C=O) groups is 1. The number of piperidine rings is 1. The molecule has 2 fully saturated rings. The van der Waals surface area contributed by atoms with Crippen LogP contribution >= 0.6 is 12.4 Å². The lowest BCUT2D eigenvalue weighted by atomic mass is 9.49. The first-order valence-corrected chi connectivity index (χ1v) is 9.48. The van der Waals surface area contributed by atoms with Gasteiger partial charge >= 0.3 is 0 Å². The molecule has 1 aromatic carbocycles. The first-order chi connectivity index (χ1) is 11.6. The summed E-state index contributed by atoms with van der Waals surface area (Å²) in [4.78, 5) is 15.3. The highest BCUT2D eigenvalue weighted by Crippen LogP contribution is 2.57. The van der Waals surface area contributed by atoms with Gasteiger partial charge in [0.2, 0.25) is 0 Å². The maximum absolute atomic E-state index is 12.7. The fourth-order valence-corrected chi connectivity index (χ4v) is 6.06. The first-order valence-electron chi connectivity index (χ1n) is 9.48. The van der Waals surface area contributed by atoms with E-state index in [1.807, 2.05) is 0 Å². The Morgan fingerprint density at radius 1 is 1.32 bits per heavy atom. The molecule has 138 valence electrons. The molecule has 2 bridgehead atoms. The van der Waals surface area contributed by atoms with Gasteiger partial charge in [-0.3, -0.25) is 4.79 Å². The fraction of sp³-hybridized carbons (Fsp3) is 0.667. The summed E-state index contributed by atoms with van der Waals surface area (Å²) in [5.74, 6) is 2.57. The Morgan fingerprint density at radius 3 is 2.84 bits per heavy atom. The molecule has 0 amide bonds. The number of fused-ring (bicyclic) bond motifs is 1. The second-order valence-corrected chi connectivity index (χ2v) is 8.18. The van der Waals surface area contributed by atoms with E-state index >= 15 is 0 Å². The molecule has 1 unspecified atom stereocenters. The number of ether oxygens (including phenoxy) is 1. The van der Waals surface area contributed by atoms with Crippen molar-refractivity contribution >= 4 is 18.2 Å². The summed E-state index contributed by atoms with van der Waals surface area (Å²) in [6, 6.07) is 7.15. The van der Waals surface area contributed by atoms with E-state index in [9.17, 15) is 4.79 Å². The second-order valence-electron chi connectivity index (χ2n) is 8.18. The number of Topliss-reactive ketones (excluding diaryl/α,β-unsaturated/α-hetero) is 1. The number of rotatable bonds is 3. The van der Waals surface area contributed by atoms with Crippen molar-refractivity contribution < 1.29 is 9.53 Å². The maximum atomic E-state index is 12.7. The number of carbonyl (C=O) groups excluding carboxylic acids is 1. The van der Waals surface area contributed by atoms with Gasteiger partial charge in [-0.25, -0.2) is 0 Å². The van der Waals surface area contributed by atoms with Crippen molar-refractivity contribution in [3.05, 3.63) is 29.3 Å². The molecule has 3 aliphatic rings. The van der Waals surface area contributed by atoms with Crippen LogP contribution in [0.3, 0.4) is 0 Å². The maximum Gasteiger partial charge on any atom is 0.134 e. The zero-order chi connectivity index (χ0) is 16.9. The number of benzene rings is 1. The Labute approximate surface area is 157 Å². The van der Waals surface area contributed by atoms with Gasteiger partial charge in [-0.1, -0.05) is 19.4 Å². The van der Waals surface area contributed by atoms with Gasteiger partial charge in [0.1, 0.15) is 11.5 Å². The average molecular weight is 364 g/mol. The van der Waals surface area contributed by atoms with E-state index in [2.05, 4.69) is 37.1 Å². The van der Waals surface area contributed by atoms with Gasteiger partial charge in [0.05, 0.1) is 7.11 Å². The van der Waals surface area contributed by atoms with Crippen LogP contribution in [-0.4, -0.2) is 37.4 Å². The van der Waals surface area contributed by atoms with Crippen LogP contribution in [0.15, 0.2) is 18.2 Å². The standard InChI is InChI=1S/C21H29NO2.ClH/c1-4-5-15-10-16(23)13-21-8-9-22(2)19(20(15)21)11-14-6-7-17(24-3)12-18(14)21;/h6-7,12,15,19-20H,4-5,8-11,13H2,1-3H3;1H/t15?,19-,20+,21-;/m1./s1. The molecule has 1 saturated carbocycles. The van der Waals surface area contributed by atoms with Crippen molar-refractivity contribution in [2.45, 2.75) is 56.9 Å². The van der Waals surface area contributed by atoms with Crippen LogP contribution in [-0.2, 0) is 16.6 Å². The van der Waals surface area contributed by atoms with Crippen LogP contribution in [0.4, 0.5) is 0 Å². The molecular formula is C21H30ClNO2. The van der Waals surface area contributed by atoms with Crippen molar-refractivity contribution in [3.63, 3.8) is 0 Å². The number of likely N-dealkylation sites (N-methyl/N-ethyl adjacent to an activating group) is 1. The van der Waals surface area contributed by atoms with E-state index in [0.717, 1.165) is 38.0 Å². The van der Waals surface area contributed by atoms with Gasteiger partial charge in [0, 0.05) is 24.3 Å². The lowest BCUT2D eigenvalue weighted by molar-refractivity contribution is -0.131. The minimum Gasteiger partial charge on any atom is -0.497 e. The molecule has 4 heteroatoms. The Morgan fingerprint density at radius 2 is 2.12 bits per heavy atom. The SMILES string of the molecule is CCCC1CC(=O)C[C@]23CCN(C)[C@H](Cc4ccc(OC)cc42)[C@H]13.Cl. The molecule has 0 aromatic heterocycles. The molecule has 1 aliphatic heterocycles. The Kier molecular flexibility index (Phi) is 5.18. The van der Waals surface area contributed by atoms with Gasteiger partial charge in [-0.2, -0.15) is 0 Å². The van der Waals surface area contributed by atoms with Crippen molar-refractivity contribution in [1.82, 2.24) is 4.90 Å². The van der Waals surface area contributed by atoms with Crippen LogP contribution in [0.2, 0.25) is 0 Å². The van der Waals surface area contributed by atoms with Crippen LogP contribution in [0.1, 0.15) is 50.2 Å². The average Bonchev–Trinajstić information content (AvgIpc) is 2.58. The van der Waals surface area contributed by atoms with E-state index in [0.29, 0.717) is 23.7 Å². The molecule has 1 saturated heterocycles. The smallest absolute Gasteiger partial charge is 0.134 e. The zero-order valence-electron chi connectivity index (χ0n) is 15.6. The molecule has 2 aliphatic carbocycles. The Hall–Kier alpha value is -1.06. The highest BCUT2D eigenvalue weighted by molar-refractivity contribution is 5.85. The summed E-state index contributed by atoms with van der Waals surface area (Å²) >= 11 is 0. The molecule has 0 spiro atoms. The lowest BCUT2D eigenvalue weighted by Gasteiger charge is -2.60. The zero-order valence-corrected chi connectivity index (χ0v) is 16.4. The second kappa shape index (κ2) is 6.92. The van der Waals surface area contributed by atoms with Crippen molar-refractivity contribution in [1.29, 1.82) is 0 Å². The molecule has 3 nitrogen and oxygen atoms in total. The molecule has 1 heterocycles. The van der Waals surface area contributed by atoms with Gasteiger partial charge in [-0.05, 0) is 68.0 Å². The molecule has 0 N–H and O–H groups in total. The Balaban J connectivity index is 0.00000182. The lowest BCUT2D eigenvalue weighted by Crippen LogP contribution is -2.63. The summed E-state index contributed by atoms with van der Waals surface area (Å²) in [6.45, 7) is 3.36. The first kappa shape index (κ1) is 18.7. The third-order valence-electron chi connectivity index (χ3n) is 6.98. The van der Waals surface area contributed by atoms with E-state index in [1.54, 1.807) is 7.11 Å². The predicted octanol–water partition coefficient (Wildman–Crippen LogP) is 4.01. The van der Waals surface area contributed by atoms with Gasteiger partial charge in [0.25, 0.3) is 0 Å². The van der Waals surface area contributed by atoms with Crippen LogP contribution in [0.5, 0.6) is 5.75 Å². The van der Waals surface area contributed by atoms with Gasteiger partial charge in [-0.15, -0.1) is 12.4 Å². The number of hydrogen-bond donors (Lipinski definition) is 0. The quantitative estimate of drug-likeness (QED) is 0.812. The van der Waals surface area contributed by atoms with E-state index < -0.39 is 0 Å². The third-order valence-corrected chi connectivity index (χ3v) is 6.98. The number of hydrogen-bond acceptors (Lipinski definition) is 3. The molecule has 1 aromatic rings. The molecular weight excluding hydrogens is 334 g/mol. The van der Waals surface area contributed by atoms with Gasteiger partial charge in [0.15, 0.2) is 0 Å². The van der Waals surface area contributed by atoms with Crippen LogP contribution in [0, 0.1) is 11.8 Å². The molecule has 25 heavy (non-hydrogen) atoms. The number of nitrogens with zero attached hydrogens (tertiary/aromatic N) is 1. The number of methoxy groups -OCH3 is 1. The molecule has 4 rings (SSSR count). The minimum absolute atomic E-state index is 0. The summed E-state index contributed by atoms with van der Waals surface area (Å²) in [5, 5.41) is 0. The van der Waals surface area contributed by atoms with Crippen LogP contribution in [0.25, 0.3) is 0 Å². The summed E-state index contributed by atoms with van der Waals surface area (Å²) in [6.07, 6.45) is 6.12. The predicted molar refractivity (Wildman–Crippen MR) is 103 cm³/mol. The summed E-state index contributed by atoms with van der Waals surface area (Å²) < 4.78 is 5.52. The minimum atomic E-state index is 0. The van der Waals surface area contributed by atoms with Crippen LogP contribution < -0.4 is 4.74 Å². The number of ketones is 1. The monoisotopic (exact) mass is 363 g/mol. The molecule has 4 atom stereocenters. The number of likely N-dealkylation sites (tertiary alicyclic amines) is 1. The highest BCUT2D eigenvalue weighted by atomic mass is 35.5. The van der Waals surface area contributed by atoms with E-state index in [-0.39, 0.29) is 17.8 Å². The summed E-state index contributed by atoms with van der Waals surface area (Å²) in [5.41, 5.74) is 2.91. The highest BCUT2D eigenvalue weighted by Gasteiger charge is 2.57. The van der Waals surface area contributed by atoms with Gasteiger partial charge < -0.3 is 9.64 Å². The largest absolute Gasteiger partial charge is 0.497 e. The molecule has 0 radical (unpaired) electrons. The number of halogens is 1. The van der Waals surface area contributed by atoms with Crippen molar-refractivity contribution in [2.24, 2.45) is 11.8 Å². The van der Waals surface area contributed by atoms with Crippen molar-refractivity contribution in [3.8, 4) is 5.75 Å².